The van der Waals surface area contributed by atoms with Gasteiger partial charge in [0.25, 0.3) is 0 Å². The van der Waals surface area contributed by atoms with Gasteiger partial charge in [0.15, 0.2) is 5.78 Å². The number of nitrogen functional groups attached to an aromatic ring is 1. The molecule has 34 heavy (non-hydrogen) atoms. The number of carbonyl (C=O) groups excluding carboxylic acids is 2. The zero-order chi connectivity index (χ0) is 24.8. The van der Waals surface area contributed by atoms with Gasteiger partial charge < -0.3 is 20.3 Å². The second-order valence-corrected chi connectivity index (χ2v) is 8.37. The number of amides is 1. The van der Waals surface area contributed by atoms with Crippen LogP contribution in [-0.4, -0.2) is 39.7 Å². The molecule has 0 spiro atoms. The fourth-order valence-corrected chi connectivity index (χ4v) is 3.93. The second-order valence-electron chi connectivity index (χ2n) is 8.37. The van der Waals surface area contributed by atoms with E-state index in [4.69, 9.17) is 11.1 Å². The Kier molecular flexibility index (Phi) is 7.83. The topological polar surface area (TPSA) is 129 Å². The third kappa shape index (κ3) is 5.70. The summed E-state index contributed by atoms with van der Waals surface area (Å²) < 4.78 is 1.82. The van der Waals surface area contributed by atoms with Gasteiger partial charge in [-0.2, -0.15) is 0 Å². The Balaban J connectivity index is 1.82. The van der Waals surface area contributed by atoms with Crippen LogP contribution in [0, 0.1) is 5.41 Å². The van der Waals surface area contributed by atoms with Crippen molar-refractivity contribution in [1.29, 1.82) is 5.41 Å². The number of carboxylic acid groups (broad SMARTS) is 1. The molecule has 4 N–H and O–H groups in total. The highest BCUT2D eigenvalue weighted by Gasteiger charge is 2.21. The number of nitrogens with one attached hydrogen (secondary N) is 1. The number of carbonyl (C=O) groups is 3. The predicted octanol–water partition coefficient (Wildman–Crippen LogP) is 3.89. The first kappa shape index (κ1) is 24.7. The van der Waals surface area contributed by atoms with Crippen LogP contribution in [0.2, 0.25) is 0 Å². The molecule has 178 valence electrons. The number of hydrogen-bond acceptors (Lipinski definition) is 4. The number of benzene rings is 2. The molecule has 3 aromatic rings. The van der Waals surface area contributed by atoms with Crippen LogP contribution in [0.3, 0.4) is 0 Å². The summed E-state index contributed by atoms with van der Waals surface area (Å²) in [5.41, 5.74) is 8.96. The van der Waals surface area contributed by atoms with Crippen LogP contribution in [0.15, 0.2) is 48.7 Å². The first-order valence-corrected chi connectivity index (χ1v) is 11.3. The van der Waals surface area contributed by atoms with Crippen molar-refractivity contribution in [3.8, 4) is 0 Å². The number of unbranched alkanes of at least 4 members (excludes halogenated alkanes) is 1. The Hall–Kier alpha value is -3.94. The summed E-state index contributed by atoms with van der Waals surface area (Å²) in [6.07, 6.45) is 4.47. The van der Waals surface area contributed by atoms with Crippen molar-refractivity contribution in [1.82, 2.24) is 4.57 Å². The first-order chi connectivity index (χ1) is 16.2. The van der Waals surface area contributed by atoms with Gasteiger partial charge in [-0.3, -0.25) is 19.8 Å². The van der Waals surface area contributed by atoms with Crippen molar-refractivity contribution in [2.45, 2.75) is 39.0 Å². The SMILES string of the molecule is CCCCC(=O)N(CC(=O)O)c1ccc2c(C(=O)CCc3ccc(C(=N)N)cc3)cn(C)c2c1. The maximum Gasteiger partial charge on any atom is 0.323 e. The lowest BCUT2D eigenvalue weighted by Crippen LogP contribution is -2.35. The number of aliphatic carboxylic acids is 1. The summed E-state index contributed by atoms with van der Waals surface area (Å²) in [5, 5.41) is 17.5. The molecule has 8 nitrogen and oxygen atoms in total. The van der Waals surface area contributed by atoms with Crippen LogP contribution in [0.4, 0.5) is 5.69 Å². The van der Waals surface area contributed by atoms with Crippen LogP contribution >= 0.6 is 0 Å². The van der Waals surface area contributed by atoms with E-state index in [1.807, 2.05) is 30.7 Å². The Bertz CT molecular complexity index is 1230. The molecule has 1 heterocycles. The number of nitrogens with two attached hydrogens (primary N) is 1. The van der Waals surface area contributed by atoms with Crippen LogP contribution in [-0.2, 0) is 23.1 Å². The molecular formula is C26H30N4O4. The summed E-state index contributed by atoms with van der Waals surface area (Å²) in [5.74, 6) is -1.31. The smallest absolute Gasteiger partial charge is 0.323 e. The summed E-state index contributed by atoms with van der Waals surface area (Å²) in [4.78, 5) is 38.3. The highest BCUT2D eigenvalue weighted by atomic mass is 16.4. The number of ketones is 1. The minimum atomic E-state index is -1.08. The number of hydrogen-bond donors (Lipinski definition) is 3. The zero-order valence-electron chi connectivity index (χ0n) is 19.5. The Morgan fingerprint density at radius 3 is 2.41 bits per heavy atom. The Labute approximate surface area is 198 Å². The highest BCUT2D eigenvalue weighted by molar-refractivity contribution is 6.09. The molecule has 0 aliphatic heterocycles. The average Bonchev–Trinajstić information content (AvgIpc) is 3.15. The molecule has 0 radical (unpaired) electrons. The summed E-state index contributed by atoms with van der Waals surface area (Å²) in [6, 6.07) is 12.5. The monoisotopic (exact) mass is 462 g/mol. The number of aromatic nitrogens is 1. The van der Waals surface area contributed by atoms with Crippen molar-refractivity contribution < 1.29 is 19.5 Å². The van der Waals surface area contributed by atoms with E-state index < -0.39 is 12.5 Å². The maximum absolute atomic E-state index is 13.0. The van der Waals surface area contributed by atoms with Gasteiger partial charge in [0, 0.05) is 48.3 Å². The van der Waals surface area contributed by atoms with Crippen LogP contribution in [0.1, 0.15) is 54.1 Å². The molecule has 1 amide bonds. The molecule has 0 bridgehead atoms. The Morgan fingerprint density at radius 1 is 1.09 bits per heavy atom. The molecular weight excluding hydrogens is 432 g/mol. The van der Waals surface area contributed by atoms with Crippen molar-refractivity contribution in [2.24, 2.45) is 12.8 Å². The number of nitrogens with zero attached hydrogens (tertiary/aromatic N) is 2. The fourth-order valence-electron chi connectivity index (χ4n) is 3.93. The number of carboxylic acids is 1. The lowest BCUT2D eigenvalue weighted by Gasteiger charge is -2.21. The number of amidine groups is 1. The predicted molar refractivity (Wildman–Crippen MR) is 133 cm³/mol. The molecule has 0 saturated carbocycles. The third-order valence-corrected chi connectivity index (χ3v) is 5.83. The molecule has 2 aromatic carbocycles. The number of anilines is 1. The fraction of sp³-hybridized carbons (Fsp3) is 0.308. The minimum absolute atomic E-state index is 0.00425. The minimum Gasteiger partial charge on any atom is -0.480 e. The molecule has 0 aliphatic rings. The van der Waals surface area contributed by atoms with Gasteiger partial charge in [-0.1, -0.05) is 43.7 Å². The zero-order valence-corrected chi connectivity index (χ0v) is 19.5. The first-order valence-electron chi connectivity index (χ1n) is 11.3. The van der Waals surface area contributed by atoms with Gasteiger partial charge in [-0.25, -0.2) is 0 Å². The van der Waals surface area contributed by atoms with Gasteiger partial charge >= 0.3 is 5.97 Å². The van der Waals surface area contributed by atoms with Gasteiger partial charge in [0.1, 0.15) is 12.4 Å². The molecule has 3 rings (SSSR count). The Morgan fingerprint density at radius 2 is 1.79 bits per heavy atom. The molecule has 0 aliphatic carbocycles. The van der Waals surface area contributed by atoms with E-state index in [1.54, 1.807) is 36.5 Å². The molecule has 0 fully saturated rings. The van der Waals surface area contributed by atoms with Crippen molar-refractivity contribution in [3.05, 3.63) is 65.4 Å². The van der Waals surface area contributed by atoms with Crippen LogP contribution in [0.25, 0.3) is 10.9 Å². The summed E-state index contributed by atoms with van der Waals surface area (Å²) >= 11 is 0. The van der Waals surface area contributed by atoms with Crippen LogP contribution in [0.5, 0.6) is 0 Å². The molecule has 0 unspecified atom stereocenters. The molecule has 1 aromatic heterocycles. The van der Waals surface area contributed by atoms with E-state index in [-0.39, 0.29) is 23.9 Å². The van der Waals surface area contributed by atoms with Gasteiger partial charge in [0.2, 0.25) is 5.91 Å². The number of aryl methyl sites for hydroxylation is 2. The van der Waals surface area contributed by atoms with Crippen LogP contribution < -0.4 is 10.6 Å². The van der Waals surface area contributed by atoms with E-state index in [9.17, 15) is 19.5 Å². The lowest BCUT2D eigenvalue weighted by molar-refractivity contribution is -0.136. The normalized spacial score (nSPS) is 10.9. The van der Waals surface area contributed by atoms with E-state index in [0.29, 0.717) is 36.1 Å². The van der Waals surface area contributed by atoms with Crippen molar-refractivity contribution >= 4 is 40.1 Å². The lowest BCUT2D eigenvalue weighted by atomic mass is 10.0. The quantitative estimate of drug-likeness (QED) is 0.226. The summed E-state index contributed by atoms with van der Waals surface area (Å²) in [6.45, 7) is 1.57. The number of Topliss-reactive ketones (excluding diaryl/α,β-unsaturated/α-hetero) is 1. The molecule has 8 heteroatoms. The second kappa shape index (κ2) is 10.8. The average molecular weight is 463 g/mol. The molecule has 0 saturated heterocycles. The van der Waals surface area contributed by atoms with Crippen molar-refractivity contribution in [2.75, 3.05) is 11.4 Å². The van der Waals surface area contributed by atoms with Gasteiger partial charge in [0.05, 0.1) is 5.52 Å². The summed E-state index contributed by atoms with van der Waals surface area (Å²) in [7, 11) is 1.82. The number of fused-ring (bicyclic) bond motifs is 1. The van der Waals surface area contributed by atoms with E-state index in [1.165, 1.54) is 4.90 Å². The van der Waals surface area contributed by atoms with Gasteiger partial charge in [-0.05, 0) is 30.5 Å². The number of rotatable bonds is 11. The third-order valence-electron chi connectivity index (χ3n) is 5.83. The van der Waals surface area contributed by atoms with Crippen molar-refractivity contribution in [3.63, 3.8) is 0 Å². The van der Waals surface area contributed by atoms with Gasteiger partial charge in [-0.15, -0.1) is 0 Å². The largest absolute Gasteiger partial charge is 0.480 e. The maximum atomic E-state index is 13.0. The molecule has 0 atom stereocenters. The van der Waals surface area contributed by atoms with E-state index in [0.717, 1.165) is 22.9 Å². The standard InChI is InChI=1S/C26H30N4O4/c1-3-4-5-24(32)30(16-25(33)34)19-11-12-20-21(15-29(2)22(20)14-19)23(31)13-8-17-6-9-18(10-7-17)26(27)28/h6-7,9-12,14-15H,3-5,8,13,16H2,1-2H3,(H3,27,28)(H,33,34). The van der Waals surface area contributed by atoms with E-state index >= 15 is 0 Å². The highest BCUT2D eigenvalue weighted by Crippen LogP contribution is 2.28. The van der Waals surface area contributed by atoms with E-state index in [2.05, 4.69) is 0 Å².